The number of hydrogen-bond donors (Lipinski definition) is 2. The van der Waals surface area contributed by atoms with E-state index < -0.39 is 0 Å². The van der Waals surface area contributed by atoms with Gasteiger partial charge in [-0.05, 0) is 42.9 Å². The van der Waals surface area contributed by atoms with E-state index in [-0.39, 0.29) is 17.4 Å². The maximum Gasteiger partial charge on any atom is 0.220 e. The molecule has 0 spiro atoms. The average Bonchev–Trinajstić information content (AvgIpc) is 3.00. The number of aliphatic hydroxyl groups is 1. The molecule has 0 aliphatic carbocycles. The number of nitrogens with zero attached hydrogens (tertiary/aromatic N) is 2. The molecule has 1 amide bonds. The summed E-state index contributed by atoms with van der Waals surface area (Å²) in [5, 5.41) is 16.8. The third kappa shape index (κ3) is 5.81. The lowest BCUT2D eigenvalue weighted by atomic mass is 9.87. The number of amides is 1. The zero-order chi connectivity index (χ0) is 17.6. The van der Waals surface area contributed by atoms with Gasteiger partial charge in [0.25, 0.3) is 0 Å². The van der Waals surface area contributed by atoms with Gasteiger partial charge >= 0.3 is 0 Å². The van der Waals surface area contributed by atoms with Crippen LogP contribution in [0.15, 0.2) is 42.7 Å². The fourth-order valence-electron chi connectivity index (χ4n) is 2.77. The molecular weight excluding hydrogens is 302 g/mol. The Hall–Kier alpha value is -2.14. The molecule has 1 heterocycles. The first kappa shape index (κ1) is 18.2. The number of benzene rings is 1. The minimum absolute atomic E-state index is 0.0288. The van der Waals surface area contributed by atoms with Crippen LogP contribution in [-0.4, -0.2) is 33.4 Å². The fraction of sp³-hybridized carbons (Fsp3) is 0.474. The molecule has 1 unspecified atom stereocenters. The molecule has 0 bridgehead atoms. The molecule has 0 saturated heterocycles. The normalized spacial score (nSPS) is 12.8. The average molecular weight is 329 g/mol. The summed E-state index contributed by atoms with van der Waals surface area (Å²) < 4.78 is 1.82. The molecule has 1 atom stereocenters. The quantitative estimate of drug-likeness (QED) is 0.782. The lowest BCUT2D eigenvalue weighted by molar-refractivity contribution is -0.121. The van der Waals surface area contributed by atoms with Gasteiger partial charge in [-0.3, -0.25) is 4.79 Å². The van der Waals surface area contributed by atoms with Gasteiger partial charge in [-0.2, -0.15) is 5.10 Å². The van der Waals surface area contributed by atoms with Gasteiger partial charge in [0.1, 0.15) is 0 Å². The molecule has 0 saturated carbocycles. The second-order valence-corrected chi connectivity index (χ2v) is 7.12. The summed E-state index contributed by atoms with van der Waals surface area (Å²) in [7, 11) is 0. The molecule has 5 heteroatoms. The number of para-hydroxylation sites is 1. The maximum absolute atomic E-state index is 12.0. The van der Waals surface area contributed by atoms with Gasteiger partial charge in [0.05, 0.1) is 18.0 Å². The van der Waals surface area contributed by atoms with Gasteiger partial charge in [-0.25, -0.2) is 4.68 Å². The van der Waals surface area contributed by atoms with Crippen LogP contribution in [0.5, 0.6) is 0 Å². The molecule has 2 aromatic rings. The largest absolute Gasteiger partial charge is 0.393 e. The summed E-state index contributed by atoms with van der Waals surface area (Å²) in [6, 6.07) is 9.90. The Morgan fingerprint density at radius 3 is 2.71 bits per heavy atom. The van der Waals surface area contributed by atoms with Crippen LogP contribution >= 0.6 is 0 Å². The van der Waals surface area contributed by atoms with Gasteiger partial charge in [0.15, 0.2) is 0 Å². The molecule has 2 N–H and O–H groups in total. The SMILES string of the molecule is CC(O)CC(C)(C)CNC(=O)CCc1cnn(-c2ccccc2)c1. The first-order valence-electron chi connectivity index (χ1n) is 8.39. The Labute approximate surface area is 143 Å². The van der Waals surface area contributed by atoms with Crippen LogP contribution in [0.25, 0.3) is 5.69 Å². The molecule has 0 aliphatic heterocycles. The Morgan fingerprint density at radius 1 is 1.33 bits per heavy atom. The zero-order valence-corrected chi connectivity index (χ0v) is 14.7. The Kier molecular flexibility index (Phi) is 6.15. The summed E-state index contributed by atoms with van der Waals surface area (Å²) in [4.78, 5) is 12.0. The molecule has 130 valence electrons. The third-order valence-corrected chi connectivity index (χ3v) is 3.91. The minimum Gasteiger partial charge on any atom is -0.393 e. The van der Waals surface area contributed by atoms with E-state index in [2.05, 4.69) is 10.4 Å². The molecule has 0 fully saturated rings. The number of aromatic nitrogens is 2. The molecular formula is C19H27N3O2. The van der Waals surface area contributed by atoms with Crippen LogP contribution in [0, 0.1) is 5.41 Å². The Balaban J connectivity index is 1.79. The number of hydrogen-bond acceptors (Lipinski definition) is 3. The van der Waals surface area contributed by atoms with Gasteiger partial charge in [-0.1, -0.05) is 32.0 Å². The molecule has 5 nitrogen and oxygen atoms in total. The molecule has 24 heavy (non-hydrogen) atoms. The van der Waals surface area contributed by atoms with Crippen molar-refractivity contribution < 1.29 is 9.90 Å². The van der Waals surface area contributed by atoms with Gasteiger partial charge in [-0.15, -0.1) is 0 Å². The van der Waals surface area contributed by atoms with Crippen molar-refractivity contribution in [2.75, 3.05) is 6.54 Å². The van der Waals surface area contributed by atoms with Crippen molar-refractivity contribution in [2.24, 2.45) is 5.41 Å². The summed E-state index contributed by atoms with van der Waals surface area (Å²) >= 11 is 0. The van der Waals surface area contributed by atoms with Crippen LogP contribution in [0.2, 0.25) is 0 Å². The van der Waals surface area contributed by atoms with Crippen molar-refractivity contribution in [1.82, 2.24) is 15.1 Å². The van der Waals surface area contributed by atoms with Crippen molar-refractivity contribution in [1.29, 1.82) is 0 Å². The number of aryl methyl sites for hydroxylation is 1. The zero-order valence-electron chi connectivity index (χ0n) is 14.7. The van der Waals surface area contributed by atoms with E-state index in [1.165, 1.54) is 0 Å². The second kappa shape index (κ2) is 8.11. The number of aliphatic hydroxyl groups excluding tert-OH is 1. The lowest BCUT2D eigenvalue weighted by Crippen LogP contribution is -2.35. The van der Waals surface area contributed by atoms with Gasteiger partial charge in [0.2, 0.25) is 5.91 Å². The smallest absolute Gasteiger partial charge is 0.220 e. The first-order valence-corrected chi connectivity index (χ1v) is 8.39. The number of nitrogens with one attached hydrogen (secondary N) is 1. The second-order valence-electron chi connectivity index (χ2n) is 7.12. The minimum atomic E-state index is -0.360. The fourth-order valence-corrected chi connectivity index (χ4v) is 2.77. The van der Waals surface area contributed by atoms with E-state index in [4.69, 9.17) is 0 Å². The third-order valence-electron chi connectivity index (χ3n) is 3.91. The highest BCUT2D eigenvalue weighted by Gasteiger charge is 2.21. The van der Waals surface area contributed by atoms with Crippen LogP contribution in [0.4, 0.5) is 0 Å². The van der Waals surface area contributed by atoms with Crippen molar-refractivity contribution in [3.8, 4) is 5.69 Å². The van der Waals surface area contributed by atoms with Crippen molar-refractivity contribution in [3.63, 3.8) is 0 Å². The van der Waals surface area contributed by atoms with Crippen molar-refractivity contribution in [3.05, 3.63) is 48.3 Å². The summed E-state index contributed by atoms with van der Waals surface area (Å²) in [6.07, 6.45) is 5.16. The number of carbonyl (C=O) groups is 1. The highest BCUT2D eigenvalue weighted by atomic mass is 16.3. The molecule has 1 aromatic heterocycles. The monoisotopic (exact) mass is 329 g/mol. The van der Waals surface area contributed by atoms with E-state index in [1.54, 1.807) is 13.1 Å². The summed E-state index contributed by atoms with van der Waals surface area (Å²) in [6.45, 7) is 6.43. The van der Waals surface area contributed by atoms with Crippen molar-refractivity contribution >= 4 is 5.91 Å². The van der Waals surface area contributed by atoms with Gasteiger partial charge < -0.3 is 10.4 Å². The Bertz CT molecular complexity index is 648. The van der Waals surface area contributed by atoms with E-state index >= 15 is 0 Å². The number of rotatable bonds is 8. The van der Waals surface area contributed by atoms with E-state index in [1.807, 2.05) is 55.1 Å². The predicted molar refractivity (Wildman–Crippen MR) is 95.0 cm³/mol. The predicted octanol–water partition coefficient (Wildman–Crippen LogP) is 2.72. The van der Waals surface area contributed by atoms with Gasteiger partial charge in [0, 0.05) is 19.2 Å². The lowest BCUT2D eigenvalue weighted by Gasteiger charge is -2.26. The van der Waals surface area contributed by atoms with Crippen LogP contribution in [0.3, 0.4) is 0 Å². The Morgan fingerprint density at radius 2 is 2.04 bits per heavy atom. The standard InChI is InChI=1S/C19H27N3O2/c1-15(23)11-19(2,3)14-20-18(24)10-9-16-12-21-22(13-16)17-7-5-4-6-8-17/h4-8,12-13,15,23H,9-11,14H2,1-3H3,(H,20,24). The highest BCUT2D eigenvalue weighted by Crippen LogP contribution is 2.21. The van der Waals surface area contributed by atoms with Crippen LogP contribution in [0.1, 0.15) is 39.2 Å². The van der Waals surface area contributed by atoms with E-state index in [0.717, 1.165) is 11.3 Å². The topological polar surface area (TPSA) is 67.2 Å². The summed E-state index contributed by atoms with van der Waals surface area (Å²) in [5.41, 5.74) is 1.94. The number of carbonyl (C=O) groups excluding carboxylic acids is 1. The van der Waals surface area contributed by atoms with E-state index in [9.17, 15) is 9.90 Å². The van der Waals surface area contributed by atoms with E-state index in [0.29, 0.717) is 25.8 Å². The highest BCUT2D eigenvalue weighted by molar-refractivity contribution is 5.76. The maximum atomic E-state index is 12.0. The van der Waals surface area contributed by atoms with Crippen LogP contribution in [-0.2, 0) is 11.2 Å². The molecule has 0 aliphatic rings. The van der Waals surface area contributed by atoms with Crippen molar-refractivity contribution in [2.45, 2.75) is 46.1 Å². The molecule has 1 aromatic carbocycles. The summed E-state index contributed by atoms with van der Waals surface area (Å²) in [5.74, 6) is 0.0288. The molecule has 0 radical (unpaired) electrons. The van der Waals surface area contributed by atoms with Crippen LogP contribution < -0.4 is 5.32 Å². The molecule has 2 rings (SSSR count). The first-order chi connectivity index (χ1) is 11.4.